The minimum Gasteiger partial charge on any atom is -0.396 e. The summed E-state index contributed by atoms with van der Waals surface area (Å²) in [4.78, 5) is 8.29. The zero-order valence-corrected chi connectivity index (χ0v) is 8.72. The van der Waals surface area contributed by atoms with Crippen molar-refractivity contribution in [2.75, 3.05) is 16.8 Å². The molecule has 0 bridgehead atoms. The Morgan fingerprint density at radius 2 is 2.00 bits per heavy atom. The van der Waals surface area contributed by atoms with Crippen LogP contribution in [0.4, 0.5) is 17.3 Å². The van der Waals surface area contributed by atoms with E-state index in [1.165, 1.54) is 0 Å². The monoisotopic (exact) mass is 215 g/mol. The van der Waals surface area contributed by atoms with Gasteiger partial charge < -0.3 is 16.8 Å². The Morgan fingerprint density at radius 3 is 2.69 bits per heavy atom. The molecule has 0 aliphatic carbocycles. The highest BCUT2D eigenvalue weighted by Gasteiger charge is 1.99. The standard InChI is InChI=1S/C11H13N5/c12-9-4-5-10(16-11(9)13)15-7-8-3-1-2-6-14-8/h1-6H,7,12H2,(H3,13,15,16). The van der Waals surface area contributed by atoms with Gasteiger partial charge in [0.1, 0.15) is 11.6 Å². The smallest absolute Gasteiger partial charge is 0.149 e. The molecule has 0 radical (unpaired) electrons. The molecular formula is C11H13N5. The average molecular weight is 215 g/mol. The number of pyridine rings is 2. The van der Waals surface area contributed by atoms with Crippen LogP contribution >= 0.6 is 0 Å². The zero-order valence-electron chi connectivity index (χ0n) is 8.72. The van der Waals surface area contributed by atoms with E-state index >= 15 is 0 Å². The van der Waals surface area contributed by atoms with E-state index in [1.54, 1.807) is 18.3 Å². The van der Waals surface area contributed by atoms with Gasteiger partial charge in [0, 0.05) is 6.20 Å². The summed E-state index contributed by atoms with van der Waals surface area (Å²) in [6.45, 7) is 0.608. The minimum absolute atomic E-state index is 0.339. The van der Waals surface area contributed by atoms with Crippen LogP contribution < -0.4 is 16.8 Å². The van der Waals surface area contributed by atoms with Crippen LogP contribution in [-0.4, -0.2) is 9.97 Å². The molecule has 82 valence electrons. The van der Waals surface area contributed by atoms with E-state index in [2.05, 4.69) is 15.3 Å². The van der Waals surface area contributed by atoms with Crippen molar-refractivity contribution < 1.29 is 0 Å². The van der Waals surface area contributed by atoms with E-state index in [4.69, 9.17) is 11.5 Å². The Labute approximate surface area is 93.5 Å². The third kappa shape index (κ3) is 2.38. The predicted octanol–water partition coefficient (Wildman–Crippen LogP) is 1.25. The average Bonchev–Trinajstić information content (AvgIpc) is 2.32. The Morgan fingerprint density at radius 1 is 1.12 bits per heavy atom. The number of nitrogens with two attached hydrogens (primary N) is 2. The first-order valence-corrected chi connectivity index (χ1v) is 4.91. The lowest BCUT2D eigenvalue weighted by atomic mass is 10.3. The molecule has 0 aromatic carbocycles. The quantitative estimate of drug-likeness (QED) is 0.717. The molecule has 5 nitrogen and oxygen atoms in total. The molecule has 2 rings (SSSR count). The second kappa shape index (κ2) is 4.48. The fourth-order valence-electron chi connectivity index (χ4n) is 1.27. The molecule has 0 amide bonds. The number of hydrogen-bond donors (Lipinski definition) is 3. The molecule has 0 unspecified atom stereocenters. The van der Waals surface area contributed by atoms with Crippen LogP contribution in [0.1, 0.15) is 5.69 Å². The predicted molar refractivity (Wildman–Crippen MR) is 64.6 cm³/mol. The molecule has 0 atom stereocenters. The number of rotatable bonds is 3. The first kappa shape index (κ1) is 10.2. The van der Waals surface area contributed by atoms with Crippen molar-refractivity contribution in [3.8, 4) is 0 Å². The molecule has 2 aromatic rings. The van der Waals surface area contributed by atoms with Gasteiger partial charge in [0.2, 0.25) is 0 Å². The van der Waals surface area contributed by atoms with Gasteiger partial charge in [-0.3, -0.25) is 4.98 Å². The highest BCUT2D eigenvalue weighted by Crippen LogP contribution is 2.14. The summed E-state index contributed by atoms with van der Waals surface area (Å²) in [5.41, 5.74) is 12.6. The van der Waals surface area contributed by atoms with E-state index in [0.29, 0.717) is 23.9 Å². The number of hydrogen-bond acceptors (Lipinski definition) is 5. The molecular weight excluding hydrogens is 202 g/mol. The third-order valence-corrected chi connectivity index (χ3v) is 2.13. The van der Waals surface area contributed by atoms with E-state index in [-0.39, 0.29) is 0 Å². The number of nitrogens with zero attached hydrogens (tertiary/aromatic N) is 2. The van der Waals surface area contributed by atoms with Crippen LogP contribution in [0.25, 0.3) is 0 Å². The lowest BCUT2D eigenvalue weighted by Crippen LogP contribution is -2.05. The Kier molecular flexibility index (Phi) is 2.86. The molecule has 0 aliphatic heterocycles. The first-order valence-electron chi connectivity index (χ1n) is 4.91. The van der Waals surface area contributed by atoms with Gasteiger partial charge in [0.25, 0.3) is 0 Å². The first-order chi connectivity index (χ1) is 7.75. The topological polar surface area (TPSA) is 89.8 Å². The number of anilines is 3. The second-order valence-electron chi connectivity index (χ2n) is 3.35. The highest BCUT2D eigenvalue weighted by atomic mass is 15.0. The van der Waals surface area contributed by atoms with Gasteiger partial charge in [-0.05, 0) is 24.3 Å². The van der Waals surface area contributed by atoms with Crippen LogP contribution in [0, 0.1) is 0 Å². The van der Waals surface area contributed by atoms with Gasteiger partial charge in [0.05, 0.1) is 17.9 Å². The van der Waals surface area contributed by atoms with Gasteiger partial charge in [-0.1, -0.05) is 6.07 Å². The van der Waals surface area contributed by atoms with Crippen molar-refractivity contribution in [2.45, 2.75) is 6.54 Å². The van der Waals surface area contributed by atoms with E-state index in [0.717, 1.165) is 5.69 Å². The van der Waals surface area contributed by atoms with Crippen LogP contribution in [-0.2, 0) is 6.54 Å². The number of nitrogen functional groups attached to an aromatic ring is 2. The summed E-state index contributed by atoms with van der Waals surface area (Å²) >= 11 is 0. The largest absolute Gasteiger partial charge is 0.396 e. The minimum atomic E-state index is 0.339. The van der Waals surface area contributed by atoms with E-state index < -0.39 is 0 Å². The normalized spacial score (nSPS) is 10.0. The summed E-state index contributed by atoms with van der Waals surface area (Å²) in [5.74, 6) is 1.03. The molecule has 16 heavy (non-hydrogen) atoms. The molecule has 2 aromatic heterocycles. The van der Waals surface area contributed by atoms with Gasteiger partial charge in [-0.2, -0.15) is 0 Å². The fourth-order valence-corrected chi connectivity index (χ4v) is 1.27. The molecule has 5 heteroatoms. The third-order valence-electron chi connectivity index (χ3n) is 2.13. The zero-order chi connectivity index (χ0) is 11.4. The van der Waals surface area contributed by atoms with Crippen LogP contribution in [0.15, 0.2) is 36.5 Å². The van der Waals surface area contributed by atoms with Crippen molar-refractivity contribution in [3.05, 3.63) is 42.2 Å². The van der Waals surface area contributed by atoms with Crippen LogP contribution in [0.3, 0.4) is 0 Å². The van der Waals surface area contributed by atoms with Crippen molar-refractivity contribution >= 4 is 17.3 Å². The van der Waals surface area contributed by atoms with Gasteiger partial charge in [0.15, 0.2) is 0 Å². The summed E-state index contributed by atoms with van der Waals surface area (Å²) in [5, 5.41) is 3.12. The molecule has 0 saturated heterocycles. The summed E-state index contributed by atoms with van der Waals surface area (Å²) in [6.07, 6.45) is 1.75. The van der Waals surface area contributed by atoms with Crippen molar-refractivity contribution in [2.24, 2.45) is 0 Å². The van der Waals surface area contributed by atoms with Crippen LogP contribution in [0.5, 0.6) is 0 Å². The number of aromatic nitrogens is 2. The molecule has 0 spiro atoms. The van der Waals surface area contributed by atoms with Gasteiger partial charge >= 0.3 is 0 Å². The van der Waals surface area contributed by atoms with Gasteiger partial charge in [-0.15, -0.1) is 0 Å². The maximum Gasteiger partial charge on any atom is 0.149 e. The Hall–Kier alpha value is -2.30. The van der Waals surface area contributed by atoms with Gasteiger partial charge in [-0.25, -0.2) is 4.98 Å². The van der Waals surface area contributed by atoms with Crippen molar-refractivity contribution in [1.29, 1.82) is 0 Å². The lowest BCUT2D eigenvalue weighted by molar-refractivity contribution is 1.03. The van der Waals surface area contributed by atoms with E-state index in [9.17, 15) is 0 Å². The van der Waals surface area contributed by atoms with Crippen LogP contribution in [0.2, 0.25) is 0 Å². The maximum absolute atomic E-state index is 5.60. The number of nitrogens with one attached hydrogen (secondary N) is 1. The van der Waals surface area contributed by atoms with Crippen molar-refractivity contribution in [3.63, 3.8) is 0 Å². The lowest BCUT2D eigenvalue weighted by Gasteiger charge is -2.06. The Bertz CT molecular complexity index is 469. The van der Waals surface area contributed by atoms with E-state index in [1.807, 2.05) is 18.2 Å². The molecule has 0 fully saturated rings. The van der Waals surface area contributed by atoms with Crippen molar-refractivity contribution in [1.82, 2.24) is 9.97 Å². The molecule has 5 N–H and O–H groups in total. The second-order valence-corrected chi connectivity index (χ2v) is 3.35. The Balaban J connectivity index is 2.03. The SMILES string of the molecule is Nc1ccc(NCc2ccccn2)nc1N. The maximum atomic E-state index is 5.60. The summed E-state index contributed by atoms with van der Waals surface area (Å²) in [6, 6.07) is 9.27. The fraction of sp³-hybridized carbons (Fsp3) is 0.0909. The molecule has 0 aliphatic rings. The molecule has 2 heterocycles. The molecule has 0 saturated carbocycles. The highest BCUT2D eigenvalue weighted by molar-refractivity contribution is 5.61. The summed E-state index contributed by atoms with van der Waals surface area (Å²) < 4.78 is 0. The summed E-state index contributed by atoms with van der Waals surface area (Å²) in [7, 11) is 0.